The molecule has 40 nitrogen and oxygen atoms in total. The van der Waals surface area contributed by atoms with Crippen molar-refractivity contribution in [2.45, 2.75) is 182 Å². The van der Waals surface area contributed by atoms with Crippen LogP contribution in [0.1, 0.15) is 168 Å². The number of aromatic nitrogens is 16. The first-order valence-electron chi connectivity index (χ1n) is 45.2. The van der Waals surface area contributed by atoms with E-state index in [1.54, 1.807) is 137 Å². The molecule has 4 saturated heterocycles. The third kappa shape index (κ3) is 31.1. The van der Waals surface area contributed by atoms with Crippen LogP contribution in [0.25, 0.3) is 44.1 Å². The van der Waals surface area contributed by atoms with E-state index in [1.807, 2.05) is 24.3 Å². The highest BCUT2D eigenvalue weighted by molar-refractivity contribution is 5.95. The van der Waals surface area contributed by atoms with Crippen LogP contribution >= 0.6 is 0 Å². The second-order valence-electron chi connectivity index (χ2n) is 32.6. The van der Waals surface area contributed by atoms with Gasteiger partial charge in [0.05, 0.1) is 82.7 Å². The molecule has 16 rings (SSSR count). The molecule has 4 aliphatic rings. The molecule has 11 N–H and O–H groups in total. The Labute approximate surface area is 832 Å². The number of carboxylic acid groups (broad SMARTS) is 5. The van der Waals surface area contributed by atoms with Crippen molar-refractivity contribution >= 4 is 115 Å². The maximum Gasteiger partial charge on any atom is 0.490 e. The Balaban J connectivity index is 0.000000201. The maximum absolute atomic E-state index is 13.4. The van der Waals surface area contributed by atoms with Crippen molar-refractivity contribution in [1.29, 1.82) is 0 Å². The summed E-state index contributed by atoms with van der Waals surface area (Å²) in [5.41, 5.74) is 23.8. The molecule has 0 spiro atoms. The topological polar surface area (TPSA) is 540 Å². The molecule has 8 aromatic heterocycles. The number of hydrogen-bond donors (Lipinski definition) is 8. The highest BCUT2D eigenvalue weighted by Gasteiger charge is 2.41. The van der Waals surface area contributed by atoms with Gasteiger partial charge in [-0.3, -0.25) is 51.8 Å². The van der Waals surface area contributed by atoms with Crippen molar-refractivity contribution in [3.8, 4) is 47.4 Å². The highest BCUT2D eigenvalue weighted by atomic mass is 19.4. The molecule has 0 atom stereocenters. The molecule has 784 valence electrons. The van der Waals surface area contributed by atoms with E-state index in [0.29, 0.717) is 98.1 Å². The van der Waals surface area contributed by atoms with E-state index >= 15 is 0 Å². The minimum absolute atomic E-state index is 0.150. The molecule has 0 saturated carbocycles. The predicted octanol–water partition coefficient (Wildman–Crippen LogP) is 10.1. The van der Waals surface area contributed by atoms with Crippen LogP contribution in [-0.4, -0.2) is 227 Å². The highest BCUT2D eigenvalue weighted by Crippen LogP contribution is 2.30. The summed E-state index contributed by atoms with van der Waals surface area (Å²) in [5.74, 6) is 13.4. The summed E-state index contributed by atoms with van der Waals surface area (Å²) in [6.07, 6.45) is -0.154. The number of imidazole rings is 4. The number of aliphatic carboxylic acids is 4. The Hall–Kier alpha value is -17.4. The monoisotopic (exact) mass is 2070 g/mol. The van der Waals surface area contributed by atoms with Crippen molar-refractivity contribution in [3.05, 3.63) is 208 Å². The van der Waals surface area contributed by atoms with Gasteiger partial charge in [-0.25, -0.2) is 62.6 Å². The smallest absolute Gasteiger partial charge is 0.478 e. The molecule has 52 heteroatoms. The third-order valence-electron chi connectivity index (χ3n) is 22.3. The van der Waals surface area contributed by atoms with E-state index in [0.717, 1.165) is 139 Å². The van der Waals surface area contributed by atoms with E-state index in [-0.39, 0.29) is 54.0 Å². The molecule has 4 aromatic carbocycles. The van der Waals surface area contributed by atoms with E-state index in [9.17, 15) is 96.1 Å². The summed E-state index contributed by atoms with van der Waals surface area (Å²) in [6.45, 7) is 16.9. The van der Waals surface area contributed by atoms with E-state index in [4.69, 9.17) is 76.7 Å². The number of hydrogen-bond acceptors (Lipinski definition) is 24. The van der Waals surface area contributed by atoms with Gasteiger partial charge in [0.2, 0.25) is 41.5 Å². The molecule has 0 bridgehead atoms. The number of carbonyl (C=O) groups is 8. The lowest BCUT2D eigenvalue weighted by Gasteiger charge is -2.27. The molecule has 4 fully saturated rings. The largest absolute Gasteiger partial charge is 0.490 e. The lowest BCUT2D eigenvalue weighted by molar-refractivity contribution is -0.193. The van der Waals surface area contributed by atoms with Crippen molar-refractivity contribution in [2.75, 3.05) is 72.0 Å². The van der Waals surface area contributed by atoms with E-state index in [1.165, 1.54) is 50.5 Å². The number of alkyl halides is 12. The van der Waals surface area contributed by atoms with Crippen molar-refractivity contribution < 1.29 is 117 Å². The first-order valence-corrected chi connectivity index (χ1v) is 45.2. The fourth-order valence-corrected chi connectivity index (χ4v) is 15.3. The molecular weight excluding hydrogens is 1980 g/mol. The third-order valence-corrected chi connectivity index (χ3v) is 22.3. The van der Waals surface area contributed by atoms with Crippen LogP contribution < -0.4 is 59.0 Å². The maximum atomic E-state index is 13.4. The number of carboxylic acids is 5. The van der Waals surface area contributed by atoms with Crippen molar-refractivity contribution in [1.82, 2.24) is 77.3 Å². The average molecular weight is 2070 g/mol. The fourth-order valence-electron chi connectivity index (χ4n) is 15.3. The standard InChI is InChI=1S/3C22H24N6O2.C22H23N5O3.4C2HF3O2/c1-2-3-13-27-19-18(25-22(27)26-11-7-4-8-12-26)14-24-28(21(19)30)15-16-9-5-6-10-17(16)20(23)29;1-2-3-13-27-19-18(25-22(27)26-11-5-4-6-12-26)14-24-28(21(19)30)15-16-7-9-17(10-8-16)20(23)29;1-2-3-12-27-19-18(25-22(27)26-10-5-4-6-11-26)14-24-28(21(19)30)15-16-8-7-9-17(13-16)20(23)29;1-2-3-12-26-19-18(24-22(26)25-10-5-4-6-11-25)14-23-27(20(19)28)15-16-8-7-9-17(13-16)21(29)30;4*3-2(4,5)1(6)7/h5-6,9-10,14H,4,7-8,11-13,15H2,1H3,(H2,23,29);7-10,14H,4-6,11-13,15H2,1H3,(H2,23,29);7-9,13-14H,4-6,10-12,15H2,1H3,(H2,23,29);7-9,13-14H,4-6,10-12,15H2,1H3,(H,29,30);4*(H,6,7). The number of halogens is 12. The predicted molar refractivity (Wildman–Crippen MR) is 515 cm³/mol. The van der Waals surface area contributed by atoms with Crippen LogP contribution in [0.4, 0.5) is 76.5 Å². The molecule has 12 heterocycles. The Morgan fingerprint density at radius 2 is 0.574 bits per heavy atom. The SMILES string of the molecule is CC#CCn1c(N2CCCCC2)nc2cnn(Cc3ccc(C(N)=O)cc3)c(=O)c21.CC#CCn1c(N2CCCCC2)nc2cnn(Cc3cccc(C(=O)O)c3)c(=O)c21.CC#CCn1c(N2CCCCC2)nc2cnn(Cc3cccc(C(N)=O)c3)c(=O)c21.CC#CCn1c(N2CCCCC2)nc2cnn(Cc3ccccc3C(N)=O)c(=O)c21.O=C(O)C(F)(F)F.O=C(O)C(F)(F)F.O=C(O)C(F)(F)F.O=C(O)C(F)(F)F. The summed E-state index contributed by atoms with van der Waals surface area (Å²) in [4.78, 5) is 162. The average Bonchev–Trinajstić information content (AvgIpc) is 1.97. The van der Waals surface area contributed by atoms with Gasteiger partial charge in [0.1, 0.15) is 44.1 Å². The van der Waals surface area contributed by atoms with E-state index in [2.05, 4.69) is 87.4 Å². The molecule has 0 aliphatic carbocycles. The van der Waals surface area contributed by atoms with Crippen molar-refractivity contribution in [3.63, 3.8) is 0 Å². The minimum Gasteiger partial charge on any atom is -0.478 e. The molecule has 148 heavy (non-hydrogen) atoms. The summed E-state index contributed by atoms with van der Waals surface area (Å²) < 4.78 is 140. The number of nitrogens with zero attached hydrogens (tertiary/aromatic N) is 20. The molecule has 3 amide bonds. The van der Waals surface area contributed by atoms with Crippen LogP contribution in [0.2, 0.25) is 0 Å². The van der Waals surface area contributed by atoms with E-state index < -0.39 is 72.3 Å². The van der Waals surface area contributed by atoms with Gasteiger partial charge in [0.25, 0.3) is 22.2 Å². The van der Waals surface area contributed by atoms with Gasteiger partial charge in [-0.1, -0.05) is 78.3 Å². The molecular formula is C96H99F12N23O17. The van der Waals surface area contributed by atoms with Gasteiger partial charge in [-0.05, 0) is 169 Å². The molecule has 0 radical (unpaired) electrons. The second kappa shape index (κ2) is 52.2. The number of primary amides is 3. The van der Waals surface area contributed by atoms with Gasteiger partial charge in [0, 0.05) is 69.0 Å². The number of fused-ring (bicyclic) bond motifs is 4. The number of benzene rings is 4. The Morgan fingerprint density at radius 3 is 0.831 bits per heavy atom. The number of carbonyl (C=O) groups excluding carboxylic acids is 3. The van der Waals surface area contributed by atoms with Gasteiger partial charge < -0.3 is 62.3 Å². The number of aromatic carboxylic acids is 1. The van der Waals surface area contributed by atoms with Gasteiger partial charge in [-0.15, -0.1) is 23.7 Å². The zero-order chi connectivity index (χ0) is 109. The second-order valence-corrected chi connectivity index (χ2v) is 32.6. The van der Waals surface area contributed by atoms with Crippen LogP contribution in [0.15, 0.2) is 141 Å². The Morgan fingerprint density at radius 1 is 0.318 bits per heavy atom. The van der Waals surface area contributed by atoms with Crippen LogP contribution in [0, 0.1) is 47.4 Å². The number of piperidine rings is 4. The minimum atomic E-state index is -5.08. The zero-order valence-electron chi connectivity index (χ0n) is 79.7. The number of rotatable bonds is 20. The molecule has 12 aromatic rings. The first kappa shape index (κ1) is 114. The molecule has 0 unspecified atom stereocenters. The summed E-state index contributed by atoms with van der Waals surface area (Å²) in [7, 11) is 0. The van der Waals surface area contributed by atoms with Crippen LogP contribution in [0.3, 0.4) is 0 Å². The summed E-state index contributed by atoms with van der Waals surface area (Å²) in [6, 6.07) is 27.3. The molecule has 4 aliphatic heterocycles. The van der Waals surface area contributed by atoms with Gasteiger partial charge in [0.15, 0.2) is 0 Å². The quantitative estimate of drug-likeness (QED) is 0.0260. The first-order chi connectivity index (χ1) is 70.1. The summed E-state index contributed by atoms with van der Waals surface area (Å²) in [5, 5.41) is 54.9. The normalized spacial score (nSPS) is 13.4. The Bertz CT molecular complexity index is 7070. The zero-order valence-corrected chi connectivity index (χ0v) is 79.7. The van der Waals surface area contributed by atoms with Gasteiger partial charge >= 0.3 is 54.6 Å². The lowest BCUT2D eigenvalue weighted by atomic mass is 10.1. The fraction of sp³-hybridized carbons (Fsp3) is 0.375. The summed E-state index contributed by atoms with van der Waals surface area (Å²) >= 11 is 0. The van der Waals surface area contributed by atoms with Gasteiger partial charge in [-0.2, -0.15) is 73.1 Å². The number of nitrogens with two attached hydrogens (primary N) is 3. The van der Waals surface area contributed by atoms with Crippen LogP contribution in [-0.2, 0) is 71.5 Å². The number of amides is 3. The lowest BCUT2D eigenvalue weighted by Crippen LogP contribution is -2.32. The Kier molecular flexibility index (Phi) is 40.3. The number of anilines is 4. The van der Waals surface area contributed by atoms with Crippen molar-refractivity contribution in [2.24, 2.45) is 17.2 Å². The van der Waals surface area contributed by atoms with Crippen LogP contribution in [0.5, 0.6) is 0 Å².